The summed E-state index contributed by atoms with van der Waals surface area (Å²) in [6, 6.07) is 12.8. The molecule has 6 nitrogen and oxygen atoms in total. The zero-order chi connectivity index (χ0) is 18.5. The Balaban J connectivity index is 0.00000225. The molecular formula is C21H25IN6. The molecule has 0 amide bonds. The number of halogens is 1. The van der Waals surface area contributed by atoms with Gasteiger partial charge in [0.15, 0.2) is 5.96 Å². The standard InChI is InChI=1S/C21H24N6.HI/c1-22-21(25-13-17-9-8-16-5-2-3-7-19(16)17)26-14-18-6-4-10-24-20(18)27-12-11-23-15-27;/h2-7,10-12,15,17H,8-9,13-14H2,1H3,(H2,22,25,26);1H. The van der Waals surface area contributed by atoms with Crippen molar-refractivity contribution in [3.8, 4) is 5.82 Å². The Hall–Kier alpha value is -2.42. The summed E-state index contributed by atoms with van der Waals surface area (Å²) in [6.45, 7) is 1.53. The Morgan fingerprint density at radius 2 is 2.07 bits per heavy atom. The molecule has 2 aromatic heterocycles. The number of imidazole rings is 1. The van der Waals surface area contributed by atoms with Crippen LogP contribution in [-0.4, -0.2) is 34.1 Å². The van der Waals surface area contributed by atoms with E-state index < -0.39 is 0 Å². The van der Waals surface area contributed by atoms with Gasteiger partial charge in [-0.1, -0.05) is 30.3 Å². The van der Waals surface area contributed by atoms with Crippen LogP contribution in [0.3, 0.4) is 0 Å². The van der Waals surface area contributed by atoms with Crippen LogP contribution in [0.5, 0.6) is 0 Å². The molecule has 0 saturated heterocycles. The van der Waals surface area contributed by atoms with Gasteiger partial charge in [0.05, 0.1) is 0 Å². The van der Waals surface area contributed by atoms with Gasteiger partial charge in [0.2, 0.25) is 0 Å². The van der Waals surface area contributed by atoms with E-state index in [9.17, 15) is 0 Å². The molecule has 7 heteroatoms. The first-order chi connectivity index (χ1) is 13.3. The Kier molecular flexibility index (Phi) is 7.02. The lowest BCUT2D eigenvalue weighted by atomic mass is 10.0. The normalized spacial score (nSPS) is 15.6. The van der Waals surface area contributed by atoms with Crippen LogP contribution in [0, 0.1) is 0 Å². The molecule has 1 atom stereocenters. The molecule has 1 unspecified atom stereocenters. The van der Waals surface area contributed by atoms with Gasteiger partial charge in [-0.2, -0.15) is 0 Å². The number of aliphatic imine (C=N–C) groups is 1. The fraction of sp³-hybridized carbons (Fsp3) is 0.286. The quantitative estimate of drug-likeness (QED) is 0.329. The number of hydrogen-bond donors (Lipinski definition) is 2. The molecule has 0 radical (unpaired) electrons. The third kappa shape index (κ3) is 4.52. The number of benzene rings is 1. The average Bonchev–Trinajstić information content (AvgIpc) is 3.39. The number of nitrogens with zero attached hydrogens (tertiary/aromatic N) is 4. The van der Waals surface area contributed by atoms with Crippen LogP contribution in [0.1, 0.15) is 29.0 Å². The highest BCUT2D eigenvalue weighted by Gasteiger charge is 2.21. The number of fused-ring (bicyclic) bond motifs is 1. The van der Waals surface area contributed by atoms with Gasteiger partial charge < -0.3 is 10.6 Å². The minimum Gasteiger partial charge on any atom is -0.356 e. The monoisotopic (exact) mass is 488 g/mol. The number of pyridine rings is 1. The van der Waals surface area contributed by atoms with E-state index in [4.69, 9.17) is 0 Å². The van der Waals surface area contributed by atoms with Crippen molar-refractivity contribution in [2.24, 2.45) is 4.99 Å². The van der Waals surface area contributed by atoms with Crippen LogP contribution >= 0.6 is 24.0 Å². The third-order valence-corrected chi connectivity index (χ3v) is 5.06. The van der Waals surface area contributed by atoms with Crippen LogP contribution in [-0.2, 0) is 13.0 Å². The number of rotatable bonds is 5. The van der Waals surface area contributed by atoms with E-state index in [2.05, 4.69) is 55.9 Å². The number of aryl methyl sites for hydroxylation is 1. The average molecular weight is 488 g/mol. The van der Waals surface area contributed by atoms with E-state index in [0.29, 0.717) is 12.5 Å². The Morgan fingerprint density at radius 1 is 1.18 bits per heavy atom. The number of guanidine groups is 1. The van der Waals surface area contributed by atoms with Gasteiger partial charge in [-0.3, -0.25) is 9.56 Å². The number of hydrogen-bond acceptors (Lipinski definition) is 3. The topological polar surface area (TPSA) is 67.1 Å². The maximum Gasteiger partial charge on any atom is 0.191 e. The van der Waals surface area contributed by atoms with E-state index in [-0.39, 0.29) is 24.0 Å². The molecule has 1 aliphatic carbocycles. The van der Waals surface area contributed by atoms with Crippen LogP contribution in [0.4, 0.5) is 0 Å². The molecule has 0 spiro atoms. The Bertz CT molecular complexity index is 922. The van der Waals surface area contributed by atoms with Crippen molar-refractivity contribution in [3.63, 3.8) is 0 Å². The van der Waals surface area contributed by atoms with Crippen molar-refractivity contribution >= 4 is 29.9 Å². The molecule has 2 heterocycles. The van der Waals surface area contributed by atoms with Gasteiger partial charge in [-0.15, -0.1) is 24.0 Å². The highest BCUT2D eigenvalue weighted by Crippen LogP contribution is 2.32. The fourth-order valence-electron chi connectivity index (χ4n) is 3.66. The second kappa shape index (κ2) is 9.68. The van der Waals surface area contributed by atoms with Crippen LogP contribution < -0.4 is 10.6 Å². The number of aromatic nitrogens is 3. The molecule has 0 saturated carbocycles. The number of nitrogens with one attached hydrogen (secondary N) is 2. The van der Waals surface area contributed by atoms with Crippen molar-refractivity contribution in [2.45, 2.75) is 25.3 Å². The third-order valence-electron chi connectivity index (χ3n) is 5.06. The van der Waals surface area contributed by atoms with Crippen molar-refractivity contribution in [3.05, 3.63) is 78.0 Å². The van der Waals surface area contributed by atoms with Crippen LogP contribution in [0.2, 0.25) is 0 Å². The largest absolute Gasteiger partial charge is 0.356 e. The van der Waals surface area contributed by atoms with Crippen LogP contribution in [0.25, 0.3) is 5.82 Å². The summed E-state index contributed by atoms with van der Waals surface area (Å²) in [6.07, 6.45) is 9.57. The minimum absolute atomic E-state index is 0. The summed E-state index contributed by atoms with van der Waals surface area (Å²) in [5, 5.41) is 6.88. The second-order valence-electron chi connectivity index (χ2n) is 6.70. The lowest BCUT2D eigenvalue weighted by Crippen LogP contribution is -2.38. The smallest absolute Gasteiger partial charge is 0.191 e. The van der Waals surface area contributed by atoms with Gasteiger partial charge in [-0.05, 0) is 30.0 Å². The summed E-state index contributed by atoms with van der Waals surface area (Å²) in [7, 11) is 1.80. The Labute approximate surface area is 182 Å². The summed E-state index contributed by atoms with van der Waals surface area (Å²) < 4.78 is 1.92. The van der Waals surface area contributed by atoms with Gasteiger partial charge in [0.25, 0.3) is 0 Å². The molecule has 0 fully saturated rings. The van der Waals surface area contributed by atoms with Gasteiger partial charge in [-0.25, -0.2) is 9.97 Å². The van der Waals surface area contributed by atoms with Crippen molar-refractivity contribution in [1.82, 2.24) is 25.2 Å². The second-order valence-corrected chi connectivity index (χ2v) is 6.70. The van der Waals surface area contributed by atoms with E-state index in [1.807, 2.05) is 16.8 Å². The predicted octanol–water partition coefficient (Wildman–Crippen LogP) is 3.28. The van der Waals surface area contributed by atoms with Gasteiger partial charge >= 0.3 is 0 Å². The summed E-state index contributed by atoms with van der Waals surface area (Å²) in [5.74, 6) is 2.22. The molecule has 28 heavy (non-hydrogen) atoms. The first kappa shape index (κ1) is 20.3. The molecule has 146 valence electrons. The minimum atomic E-state index is 0. The van der Waals surface area contributed by atoms with E-state index >= 15 is 0 Å². The fourth-order valence-corrected chi connectivity index (χ4v) is 3.66. The first-order valence-corrected chi connectivity index (χ1v) is 9.29. The van der Waals surface area contributed by atoms with Crippen LogP contribution in [0.15, 0.2) is 66.3 Å². The molecule has 0 bridgehead atoms. The summed E-state index contributed by atoms with van der Waals surface area (Å²) in [4.78, 5) is 13.0. The van der Waals surface area contributed by atoms with Gasteiger partial charge in [0.1, 0.15) is 12.1 Å². The molecule has 1 aliphatic rings. The van der Waals surface area contributed by atoms with Crippen molar-refractivity contribution in [1.29, 1.82) is 0 Å². The van der Waals surface area contributed by atoms with Gasteiger partial charge in [0, 0.05) is 50.2 Å². The predicted molar refractivity (Wildman–Crippen MR) is 122 cm³/mol. The van der Waals surface area contributed by atoms with Crippen molar-refractivity contribution in [2.75, 3.05) is 13.6 Å². The van der Waals surface area contributed by atoms with E-state index in [1.54, 1.807) is 25.8 Å². The van der Waals surface area contributed by atoms with E-state index in [1.165, 1.54) is 24.0 Å². The lowest BCUT2D eigenvalue weighted by Gasteiger charge is -2.17. The van der Waals surface area contributed by atoms with E-state index in [0.717, 1.165) is 23.9 Å². The first-order valence-electron chi connectivity index (χ1n) is 9.29. The zero-order valence-electron chi connectivity index (χ0n) is 15.9. The zero-order valence-corrected chi connectivity index (χ0v) is 18.2. The highest BCUT2D eigenvalue weighted by atomic mass is 127. The summed E-state index contributed by atoms with van der Waals surface area (Å²) in [5.41, 5.74) is 4.03. The lowest BCUT2D eigenvalue weighted by molar-refractivity contribution is 0.641. The van der Waals surface area contributed by atoms with Crippen molar-refractivity contribution < 1.29 is 0 Å². The Morgan fingerprint density at radius 3 is 2.89 bits per heavy atom. The SMILES string of the molecule is CN=C(NCc1cccnc1-n1ccnc1)NCC1CCc2ccccc21.I. The molecule has 1 aromatic carbocycles. The molecule has 4 rings (SSSR count). The summed E-state index contributed by atoms with van der Waals surface area (Å²) >= 11 is 0. The maximum atomic E-state index is 4.48. The molecule has 3 aromatic rings. The highest BCUT2D eigenvalue weighted by molar-refractivity contribution is 14.0. The maximum absolute atomic E-state index is 4.48. The molecule has 2 N–H and O–H groups in total. The molecule has 0 aliphatic heterocycles. The molecular weight excluding hydrogens is 463 g/mol.